The fraction of sp³-hybridized carbons (Fsp3) is 0.632. The number of rotatable bonds is 7. The molecule has 2 N–H and O–H groups in total. The van der Waals surface area contributed by atoms with Gasteiger partial charge < -0.3 is 20.3 Å². The first-order chi connectivity index (χ1) is 13.1. The zero-order chi connectivity index (χ0) is 19.2. The van der Waals surface area contributed by atoms with Gasteiger partial charge in [-0.3, -0.25) is 0 Å². The summed E-state index contributed by atoms with van der Waals surface area (Å²) in [4.78, 5) is 6.93. The standard InChI is InChI=1S/C19H27F3N4O/c1-2-23-19(25-13-8-10-26(11-9-13)14-6-7-14)24-12-15-16(20)4-3-5-17(15)27-18(21)22/h3-5,13-14,18H,2,6-12H2,1H3,(H2,23,24,25). The van der Waals surface area contributed by atoms with Crippen LogP contribution < -0.4 is 15.4 Å². The van der Waals surface area contributed by atoms with Crippen LogP contribution in [-0.4, -0.2) is 49.2 Å². The molecule has 3 rings (SSSR count). The average molecular weight is 384 g/mol. The highest BCUT2D eigenvalue weighted by molar-refractivity contribution is 5.80. The largest absolute Gasteiger partial charge is 0.434 e. The second-order valence-electron chi connectivity index (χ2n) is 6.98. The van der Waals surface area contributed by atoms with E-state index in [4.69, 9.17) is 0 Å². The molecule has 1 aliphatic carbocycles. The van der Waals surface area contributed by atoms with Crippen molar-refractivity contribution in [3.05, 3.63) is 29.6 Å². The molecule has 1 saturated carbocycles. The number of benzene rings is 1. The van der Waals surface area contributed by atoms with Gasteiger partial charge in [0, 0.05) is 31.7 Å². The number of piperidine rings is 1. The van der Waals surface area contributed by atoms with E-state index < -0.39 is 12.4 Å². The fourth-order valence-electron chi connectivity index (χ4n) is 3.42. The van der Waals surface area contributed by atoms with Gasteiger partial charge in [-0.05, 0) is 44.7 Å². The van der Waals surface area contributed by atoms with Crippen molar-refractivity contribution in [3.63, 3.8) is 0 Å². The number of guanidine groups is 1. The van der Waals surface area contributed by atoms with Gasteiger partial charge in [0.15, 0.2) is 5.96 Å². The summed E-state index contributed by atoms with van der Waals surface area (Å²) in [5.74, 6) is -0.221. The highest BCUT2D eigenvalue weighted by atomic mass is 19.3. The predicted octanol–water partition coefficient (Wildman–Crippen LogP) is 3.11. The van der Waals surface area contributed by atoms with Gasteiger partial charge in [0.25, 0.3) is 0 Å². The Morgan fingerprint density at radius 3 is 2.63 bits per heavy atom. The van der Waals surface area contributed by atoms with Gasteiger partial charge >= 0.3 is 6.61 Å². The molecule has 1 heterocycles. The van der Waals surface area contributed by atoms with Crippen molar-refractivity contribution in [2.75, 3.05) is 19.6 Å². The van der Waals surface area contributed by atoms with Gasteiger partial charge in [-0.25, -0.2) is 9.38 Å². The molecule has 0 amide bonds. The normalized spacial score (nSPS) is 19.4. The number of likely N-dealkylation sites (tertiary alicyclic amines) is 1. The van der Waals surface area contributed by atoms with E-state index in [2.05, 4.69) is 25.3 Å². The molecule has 1 aromatic carbocycles. The van der Waals surface area contributed by atoms with Crippen LogP contribution in [0.25, 0.3) is 0 Å². The number of alkyl halides is 2. The minimum atomic E-state index is -3.00. The highest BCUT2D eigenvalue weighted by Gasteiger charge is 2.31. The summed E-state index contributed by atoms with van der Waals surface area (Å²) in [7, 11) is 0. The molecule has 2 aliphatic rings. The monoisotopic (exact) mass is 384 g/mol. The van der Waals surface area contributed by atoms with Crippen molar-refractivity contribution in [3.8, 4) is 5.75 Å². The minimum Gasteiger partial charge on any atom is -0.434 e. The third-order valence-electron chi connectivity index (χ3n) is 4.97. The van der Waals surface area contributed by atoms with E-state index in [1.54, 1.807) is 0 Å². The molecule has 1 saturated heterocycles. The maximum Gasteiger partial charge on any atom is 0.387 e. The molecule has 2 fully saturated rings. The van der Waals surface area contributed by atoms with Crippen molar-refractivity contribution >= 4 is 5.96 Å². The molecule has 8 heteroatoms. The zero-order valence-corrected chi connectivity index (χ0v) is 15.6. The van der Waals surface area contributed by atoms with Gasteiger partial charge in [0.1, 0.15) is 11.6 Å². The predicted molar refractivity (Wildman–Crippen MR) is 98.6 cm³/mol. The van der Waals surface area contributed by atoms with Gasteiger partial charge in [0.05, 0.1) is 12.1 Å². The van der Waals surface area contributed by atoms with Crippen LogP contribution >= 0.6 is 0 Å². The molecule has 1 aliphatic heterocycles. The maximum absolute atomic E-state index is 14.1. The van der Waals surface area contributed by atoms with Gasteiger partial charge in [-0.15, -0.1) is 0 Å². The van der Waals surface area contributed by atoms with E-state index in [0.717, 1.165) is 32.0 Å². The van der Waals surface area contributed by atoms with Crippen LogP contribution in [0.4, 0.5) is 13.2 Å². The Morgan fingerprint density at radius 1 is 1.26 bits per heavy atom. The van der Waals surface area contributed by atoms with E-state index in [1.807, 2.05) is 6.92 Å². The molecule has 0 spiro atoms. The Balaban J connectivity index is 1.62. The van der Waals surface area contributed by atoms with Crippen LogP contribution in [0.15, 0.2) is 23.2 Å². The van der Waals surface area contributed by atoms with Gasteiger partial charge in [-0.1, -0.05) is 6.07 Å². The third-order valence-corrected chi connectivity index (χ3v) is 4.97. The quantitative estimate of drug-likeness (QED) is 0.560. The first-order valence-corrected chi connectivity index (χ1v) is 9.58. The second-order valence-corrected chi connectivity index (χ2v) is 6.98. The number of halogens is 3. The van der Waals surface area contributed by atoms with Gasteiger partial charge in [-0.2, -0.15) is 8.78 Å². The van der Waals surface area contributed by atoms with Crippen LogP contribution in [0.5, 0.6) is 5.75 Å². The van der Waals surface area contributed by atoms with Crippen LogP contribution in [0.2, 0.25) is 0 Å². The molecule has 1 aromatic rings. The fourth-order valence-corrected chi connectivity index (χ4v) is 3.42. The summed E-state index contributed by atoms with van der Waals surface area (Å²) in [6.45, 7) is 1.66. The van der Waals surface area contributed by atoms with E-state index in [-0.39, 0.29) is 17.9 Å². The molecular formula is C19H27F3N4O. The molecular weight excluding hydrogens is 357 g/mol. The number of nitrogens with one attached hydrogen (secondary N) is 2. The minimum absolute atomic E-state index is 0.0264. The molecule has 150 valence electrons. The number of ether oxygens (including phenoxy) is 1. The molecule has 0 aromatic heterocycles. The van der Waals surface area contributed by atoms with Crippen LogP contribution in [-0.2, 0) is 6.54 Å². The van der Waals surface area contributed by atoms with Crippen molar-refractivity contribution in [1.29, 1.82) is 0 Å². The van der Waals surface area contributed by atoms with E-state index in [1.165, 1.54) is 31.0 Å². The van der Waals surface area contributed by atoms with Gasteiger partial charge in [0.2, 0.25) is 0 Å². The summed E-state index contributed by atoms with van der Waals surface area (Å²) < 4.78 is 43.6. The van der Waals surface area contributed by atoms with Crippen LogP contribution in [0.1, 0.15) is 38.2 Å². The number of hydrogen-bond acceptors (Lipinski definition) is 3. The maximum atomic E-state index is 14.1. The molecule has 0 unspecified atom stereocenters. The first kappa shape index (κ1) is 19.8. The highest BCUT2D eigenvalue weighted by Crippen LogP contribution is 2.29. The second kappa shape index (κ2) is 9.30. The first-order valence-electron chi connectivity index (χ1n) is 9.58. The Labute approximate surface area is 158 Å². The summed E-state index contributed by atoms with van der Waals surface area (Å²) in [6, 6.07) is 4.97. The summed E-state index contributed by atoms with van der Waals surface area (Å²) in [5.41, 5.74) is 0.0264. The average Bonchev–Trinajstić information content (AvgIpc) is 3.46. The Hall–Kier alpha value is -1.96. The van der Waals surface area contributed by atoms with Crippen molar-refractivity contribution < 1.29 is 17.9 Å². The van der Waals surface area contributed by atoms with Crippen LogP contribution in [0, 0.1) is 5.82 Å². The number of nitrogens with zero attached hydrogens (tertiary/aromatic N) is 2. The lowest BCUT2D eigenvalue weighted by atomic mass is 10.1. The number of aliphatic imine (C=N–C) groups is 1. The lowest BCUT2D eigenvalue weighted by molar-refractivity contribution is -0.0506. The lowest BCUT2D eigenvalue weighted by Crippen LogP contribution is -2.49. The van der Waals surface area contributed by atoms with E-state index >= 15 is 0 Å². The summed E-state index contributed by atoms with van der Waals surface area (Å²) >= 11 is 0. The Kier molecular flexibility index (Phi) is 6.82. The molecule has 0 bridgehead atoms. The summed E-state index contributed by atoms with van der Waals surface area (Å²) in [5, 5.41) is 6.53. The van der Waals surface area contributed by atoms with Crippen molar-refractivity contribution in [2.45, 2.75) is 57.8 Å². The lowest BCUT2D eigenvalue weighted by Gasteiger charge is -2.33. The topological polar surface area (TPSA) is 48.9 Å². The Morgan fingerprint density at radius 2 is 2.00 bits per heavy atom. The summed E-state index contributed by atoms with van der Waals surface area (Å²) in [6.07, 6.45) is 4.68. The Bertz CT molecular complexity index is 644. The smallest absolute Gasteiger partial charge is 0.387 e. The molecule has 0 radical (unpaired) electrons. The third kappa shape index (κ3) is 5.76. The van der Waals surface area contributed by atoms with E-state index in [9.17, 15) is 13.2 Å². The SMILES string of the molecule is CCNC(=NCc1c(F)cccc1OC(F)F)NC1CCN(C2CC2)CC1. The zero-order valence-electron chi connectivity index (χ0n) is 15.6. The molecule has 5 nitrogen and oxygen atoms in total. The van der Waals surface area contributed by atoms with Crippen LogP contribution in [0.3, 0.4) is 0 Å². The van der Waals surface area contributed by atoms with Crippen molar-refractivity contribution in [2.24, 2.45) is 4.99 Å². The van der Waals surface area contributed by atoms with E-state index in [0.29, 0.717) is 18.5 Å². The van der Waals surface area contributed by atoms with Crippen molar-refractivity contribution in [1.82, 2.24) is 15.5 Å². The molecule has 27 heavy (non-hydrogen) atoms. The number of hydrogen-bond donors (Lipinski definition) is 2. The molecule has 0 atom stereocenters.